The Morgan fingerprint density at radius 2 is 1.89 bits per heavy atom. The van der Waals surface area contributed by atoms with Gasteiger partial charge in [-0.2, -0.15) is 0 Å². The number of rotatable bonds is 7. The summed E-state index contributed by atoms with van der Waals surface area (Å²) in [5.41, 5.74) is 5.23. The molecule has 2 aromatic rings. The topological polar surface area (TPSA) is 61.0 Å². The van der Waals surface area contributed by atoms with Crippen molar-refractivity contribution in [2.24, 2.45) is 17.1 Å². The molecule has 1 aliphatic rings. The van der Waals surface area contributed by atoms with E-state index in [9.17, 15) is 17.6 Å². The van der Waals surface area contributed by atoms with E-state index in [-0.39, 0.29) is 34.9 Å². The summed E-state index contributed by atoms with van der Waals surface area (Å²) >= 11 is 0. The number of alkyl halides is 4. The van der Waals surface area contributed by atoms with Crippen LogP contribution in [0.1, 0.15) is 51.4 Å². The van der Waals surface area contributed by atoms with Gasteiger partial charge in [0.1, 0.15) is 23.7 Å². The zero-order chi connectivity index (χ0) is 20.7. The number of ether oxygens (including phenoxy) is 1. The van der Waals surface area contributed by atoms with Crippen LogP contribution in [0, 0.1) is 11.3 Å². The normalized spacial score (nSPS) is 20.3. The van der Waals surface area contributed by atoms with Crippen LogP contribution in [0.25, 0.3) is 11.3 Å². The van der Waals surface area contributed by atoms with Crippen LogP contribution >= 0.6 is 0 Å². The van der Waals surface area contributed by atoms with Crippen molar-refractivity contribution in [3.63, 3.8) is 0 Å². The summed E-state index contributed by atoms with van der Waals surface area (Å²) in [5, 5.41) is 0. The number of nitrogens with two attached hydrogens (primary N) is 1. The third-order valence-electron chi connectivity index (χ3n) is 5.24. The molecule has 0 saturated heterocycles. The van der Waals surface area contributed by atoms with E-state index in [0.717, 1.165) is 12.5 Å². The van der Waals surface area contributed by atoms with Gasteiger partial charge in [-0.15, -0.1) is 0 Å². The number of halogens is 4. The molecular weight excluding hydrogens is 374 g/mol. The van der Waals surface area contributed by atoms with Crippen LogP contribution in [0.2, 0.25) is 0 Å². The van der Waals surface area contributed by atoms with Gasteiger partial charge in [0, 0.05) is 11.8 Å². The summed E-state index contributed by atoms with van der Waals surface area (Å²) in [6, 6.07) is 5.41. The van der Waals surface area contributed by atoms with Crippen LogP contribution in [0.15, 0.2) is 30.5 Å². The second kappa shape index (κ2) is 7.31. The second-order valence-corrected chi connectivity index (χ2v) is 8.19. The van der Waals surface area contributed by atoms with Crippen molar-refractivity contribution in [2.45, 2.75) is 45.6 Å². The van der Waals surface area contributed by atoms with Crippen molar-refractivity contribution in [1.29, 1.82) is 0 Å². The van der Waals surface area contributed by atoms with Gasteiger partial charge in [-0.1, -0.05) is 13.8 Å². The van der Waals surface area contributed by atoms with Gasteiger partial charge in [0.15, 0.2) is 0 Å². The van der Waals surface area contributed by atoms with Gasteiger partial charge in [-0.25, -0.2) is 22.5 Å². The van der Waals surface area contributed by atoms with Gasteiger partial charge in [0.25, 0.3) is 12.9 Å². The molecule has 8 heteroatoms. The first-order valence-electron chi connectivity index (χ1n) is 8.96. The summed E-state index contributed by atoms with van der Waals surface area (Å²) in [6.07, 6.45) is -3.49. The Labute approximate surface area is 161 Å². The highest BCUT2D eigenvalue weighted by Crippen LogP contribution is 2.56. The van der Waals surface area contributed by atoms with Gasteiger partial charge in [-0.3, -0.25) is 4.98 Å². The molecule has 1 saturated carbocycles. The summed E-state index contributed by atoms with van der Waals surface area (Å²) in [4.78, 5) is 7.51. The van der Waals surface area contributed by atoms with Crippen LogP contribution in [0.3, 0.4) is 0 Å². The minimum atomic E-state index is -2.88. The minimum Gasteiger partial charge on any atom is -0.490 e. The van der Waals surface area contributed by atoms with E-state index >= 15 is 0 Å². The SMILES string of the molecule is CC1(C)CC1[C@](C)(N)COc1ccc(-c2ccnc(C(F)F)c2)nc1C(F)F. The Kier molecular flexibility index (Phi) is 5.36. The van der Waals surface area contributed by atoms with Gasteiger partial charge in [0.2, 0.25) is 0 Å². The molecule has 0 radical (unpaired) electrons. The molecule has 3 rings (SSSR count). The standard InChI is InChI=1S/C20H23F4N3O/c1-19(2)9-15(19)20(3,25)10-28-14-5-4-12(27-16(14)18(23)24)11-6-7-26-13(8-11)17(21)22/h4-8,15,17-18H,9-10,25H2,1-3H3/t15?,20-/m1/s1. The Morgan fingerprint density at radius 3 is 2.46 bits per heavy atom. The minimum absolute atomic E-state index is 0.0583. The molecule has 0 aliphatic heterocycles. The number of hydrogen-bond acceptors (Lipinski definition) is 4. The lowest BCUT2D eigenvalue weighted by Crippen LogP contribution is -2.46. The average Bonchev–Trinajstić information content (AvgIpc) is 3.29. The van der Waals surface area contributed by atoms with E-state index in [1.54, 1.807) is 0 Å². The molecule has 2 N–H and O–H groups in total. The largest absolute Gasteiger partial charge is 0.490 e. The van der Waals surface area contributed by atoms with Gasteiger partial charge < -0.3 is 10.5 Å². The molecule has 1 unspecified atom stereocenters. The van der Waals surface area contributed by atoms with E-state index in [4.69, 9.17) is 10.5 Å². The first-order chi connectivity index (χ1) is 13.0. The predicted molar refractivity (Wildman–Crippen MR) is 97.4 cm³/mol. The molecule has 0 bridgehead atoms. The number of nitrogens with zero attached hydrogens (tertiary/aromatic N) is 2. The zero-order valence-corrected chi connectivity index (χ0v) is 15.9. The Bertz CT molecular complexity index is 855. The van der Waals surface area contributed by atoms with Crippen LogP contribution in [-0.2, 0) is 0 Å². The zero-order valence-electron chi connectivity index (χ0n) is 15.9. The average molecular weight is 397 g/mol. The number of hydrogen-bond donors (Lipinski definition) is 1. The fourth-order valence-corrected chi connectivity index (χ4v) is 3.56. The van der Waals surface area contributed by atoms with Crippen LogP contribution in [-0.4, -0.2) is 22.1 Å². The maximum absolute atomic E-state index is 13.5. The Morgan fingerprint density at radius 1 is 1.21 bits per heavy atom. The van der Waals surface area contributed by atoms with E-state index in [1.165, 1.54) is 24.4 Å². The van der Waals surface area contributed by atoms with Crippen molar-refractivity contribution < 1.29 is 22.3 Å². The quantitative estimate of drug-likeness (QED) is 0.656. The summed E-state index contributed by atoms with van der Waals surface area (Å²) < 4.78 is 58.4. The lowest BCUT2D eigenvalue weighted by Gasteiger charge is -2.27. The van der Waals surface area contributed by atoms with Crippen LogP contribution in [0.5, 0.6) is 5.75 Å². The first kappa shape index (κ1) is 20.5. The third kappa shape index (κ3) is 4.27. The highest BCUT2D eigenvalue weighted by atomic mass is 19.3. The maximum atomic E-state index is 13.5. The van der Waals surface area contributed by atoms with Crippen molar-refractivity contribution >= 4 is 0 Å². The molecule has 0 aromatic carbocycles. The molecule has 2 atom stereocenters. The second-order valence-electron chi connectivity index (χ2n) is 8.19. The first-order valence-corrected chi connectivity index (χ1v) is 8.96. The van der Waals surface area contributed by atoms with Crippen molar-refractivity contribution in [3.8, 4) is 17.0 Å². The van der Waals surface area contributed by atoms with Crippen molar-refractivity contribution in [2.75, 3.05) is 6.61 Å². The third-order valence-corrected chi connectivity index (χ3v) is 5.24. The molecule has 2 heterocycles. The van der Waals surface area contributed by atoms with Crippen LogP contribution in [0.4, 0.5) is 17.6 Å². The molecule has 1 fully saturated rings. The van der Waals surface area contributed by atoms with E-state index in [1.807, 2.05) is 6.92 Å². The molecule has 28 heavy (non-hydrogen) atoms. The van der Waals surface area contributed by atoms with Gasteiger partial charge in [0.05, 0.1) is 11.2 Å². The van der Waals surface area contributed by atoms with Crippen molar-refractivity contribution in [1.82, 2.24) is 9.97 Å². The number of pyridine rings is 2. The fourth-order valence-electron chi connectivity index (χ4n) is 3.56. The van der Waals surface area contributed by atoms with Gasteiger partial charge >= 0.3 is 0 Å². The molecular formula is C20H23F4N3O. The Balaban J connectivity index is 1.83. The van der Waals surface area contributed by atoms with Crippen LogP contribution < -0.4 is 10.5 Å². The molecule has 0 spiro atoms. The summed E-state index contributed by atoms with van der Waals surface area (Å²) in [5.74, 6) is 0.184. The van der Waals surface area contributed by atoms with Gasteiger partial charge in [-0.05, 0) is 48.9 Å². The Hall–Kier alpha value is -2.22. The van der Waals surface area contributed by atoms with E-state index in [2.05, 4.69) is 23.8 Å². The van der Waals surface area contributed by atoms with Crippen molar-refractivity contribution in [3.05, 3.63) is 41.9 Å². The highest BCUT2D eigenvalue weighted by molar-refractivity contribution is 5.60. The maximum Gasteiger partial charge on any atom is 0.284 e. The smallest absolute Gasteiger partial charge is 0.284 e. The summed E-state index contributed by atoms with van der Waals surface area (Å²) in [7, 11) is 0. The molecule has 152 valence electrons. The number of aromatic nitrogens is 2. The summed E-state index contributed by atoms with van der Waals surface area (Å²) in [6.45, 7) is 6.13. The fraction of sp³-hybridized carbons (Fsp3) is 0.500. The lowest BCUT2D eigenvalue weighted by molar-refractivity contribution is 0.133. The monoisotopic (exact) mass is 397 g/mol. The highest BCUT2D eigenvalue weighted by Gasteiger charge is 2.54. The lowest BCUT2D eigenvalue weighted by atomic mass is 9.92. The van der Waals surface area contributed by atoms with E-state index in [0.29, 0.717) is 0 Å². The molecule has 4 nitrogen and oxygen atoms in total. The van der Waals surface area contributed by atoms with E-state index < -0.39 is 29.8 Å². The molecule has 1 aliphatic carbocycles. The predicted octanol–water partition coefficient (Wildman–Crippen LogP) is 5.16. The molecule has 0 amide bonds. The molecule has 2 aromatic heterocycles.